The Kier molecular flexibility index (Phi) is 7.22. The first-order chi connectivity index (χ1) is 28.7. The van der Waals surface area contributed by atoms with E-state index in [0.717, 1.165) is 50.8 Å². The van der Waals surface area contributed by atoms with Gasteiger partial charge >= 0.3 is 0 Å². The Bertz CT molecular complexity index is 3320. The molecule has 0 bridgehead atoms. The molecule has 0 N–H and O–H groups in total. The van der Waals surface area contributed by atoms with Crippen molar-refractivity contribution in [2.75, 3.05) is 0 Å². The normalized spacial score (nSPS) is 17.0. The molecule has 0 saturated heterocycles. The number of para-hydroxylation sites is 1. The van der Waals surface area contributed by atoms with Gasteiger partial charge in [0.15, 0.2) is 0 Å². The third-order valence-corrected chi connectivity index (χ3v) is 12.8. The molecule has 1 aliphatic carbocycles. The summed E-state index contributed by atoms with van der Waals surface area (Å²) in [5, 5.41) is 9.66. The molecule has 0 fully saturated rings. The molecule has 10 aromatic rings. The van der Waals surface area contributed by atoms with Crippen LogP contribution in [-0.2, 0) is 0 Å². The lowest BCUT2D eigenvalue weighted by Gasteiger charge is -2.30. The van der Waals surface area contributed by atoms with E-state index in [1.54, 1.807) is 0 Å². The lowest BCUT2D eigenvalue weighted by molar-refractivity contribution is 0.129. The van der Waals surface area contributed by atoms with Gasteiger partial charge in [-0.2, -0.15) is 0 Å². The molecular formula is C56H38O2. The first-order valence-electron chi connectivity index (χ1n) is 20.4. The molecule has 1 aliphatic heterocycles. The fourth-order valence-electron chi connectivity index (χ4n) is 10.1. The topological polar surface area (TPSA) is 22.4 Å². The summed E-state index contributed by atoms with van der Waals surface area (Å²) < 4.78 is 13.9. The molecule has 2 unspecified atom stereocenters. The molecule has 9 aromatic carbocycles. The van der Waals surface area contributed by atoms with E-state index in [4.69, 9.17) is 9.15 Å². The Balaban J connectivity index is 1.09. The first kappa shape index (κ1) is 33.0. The van der Waals surface area contributed by atoms with Gasteiger partial charge < -0.3 is 9.15 Å². The second-order valence-electron chi connectivity index (χ2n) is 15.8. The van der Waals surface area contributed by atoms with Gasteiger partial charge in [-0.15, -0.1) is 0 Å². The molecule has 0 saturated carbocycles. The number of hydrogen-bond donors (Lipinski definition) is 0. The molecule has 2 aliphatic rings. The average Bonchev–Trinajstić information content (AvgIpc) is 3.83. The molecule has 274 valence electrons. The van der Waals surface area contributed by atoms with Crippen LogP contribution in [0.15, 0.2) is 199 Å². The zero-order valence-corrected chi connectivity index (χ0v) is 32.1. The van der Waals surface area contributed by atoms with E-state index in [1.165, 1.54) is 65.7 Å². The molecule has 0 amide bonds. The quantitative estimate of drug-likeness (QED) is 0.164. The summed E-state index contributed by atoms with van der Waals surface area (Å²) in [6.07, 6.45) is 9.71. The summed E-state index contributed by atoms with van der Waals surface area (Å²) in [5.74, 6) is 1.04. The van der Waals surface area contributed by atoms with Crippen LogP contribution >= 0.6 is 0 Å². The van der Waals surface area contributed by atoms with Gasteiger partial charge in [-0.1, -0.05) is 171 Å². The predicted molar refractivity (Wildman–Crippen MR) is 243 cm³/mol. The largest absolute Gasteiger partial charge is 0.481 e. The highest BCUT2D eigenvalue weighted by molar-refractivity contribution is 6.22. The van der Waals surface area contributed by atoms with Crippen molar-refractivity contribution in [2.24, 2.45) is 0 Å². The van der Waals surface area contributed by atoms with Gasteiger partial charge in [0.05, 0.1) is 5.56 Å². The van der Waals surface area contributed by atoms with Gasteiger partial charge in [-0.3, -0.25) is 0 Å². The van der Waals surface area contributed by atoms with Crippen molar-refractivity contribution in [3.63, 3.8) is 0 Å². The minimum Gasteiger partial charge on any atom is -0.481 e. The number of fused-ring (bicyclic) bond motifs is 9. The van der Waals surface area contributed by atoms with Crippen LogP contribution in [-0.4, -0.2) is 5.60 Å². The van der Waals surface area contributed by atoms with Gasteiger partial charge in [-0.05, 0) is 108 Å². The van der Waals surface area contributed by atoms with E-state index < -0.39 is 5.60 Å². The minimum atomic E-state index is -0.425. The van der Waals surface area contributed by atoms with Crippen LogP contribution in [0.2, 0.25) is 0 Å². The molecule has 2 heterocycles. The Labute approximate surface area is 337 Å². The van der Waals surface area contributed by atoms with Gasteiger partial charge in [0, 0.05) is 22.3 Å². The van der Waals surface area contributed by atoms with Crippen molar-refractivity contribution in [3.8, 4) is 50.3 Å². The highest BCUT2D eigenvalue weighted by atomic mass is 16.5. The number of furan rings is 1. The molecule has 12 rings (SSSR count). The number of hydrogen-bond acceptors (Lipinski definition) is 2. The second kappa shape index (κ2) is 12.7. The molecule has 1 aromatic heterocycles. The molecule has 2 atom stereocenters. The standard InChI is InChI=1S/C56H38O2/c1-2-56-31-12-11-29-49(56)48-34-47-42-23-9-10-30-50(42)57-54(47)53(55(48)58-56)39-21-14-20-38(33-39)52-45-26-7-5-24-43(45)51(44-25-6-8-27-46(44)52)37-19-13-18-36(32-37)41-28-15-17-35-16-3-4-22-40(35)41/h3-34,49H,2H2,1H3. The Morgan fingerprint density at radius 1 is 0.483 bits per heavy atom. The zero-order valence-electron chi connectivity index (χ0n) is 32.1. The Morgan fingerprint density at radius 3 is 1.72 bits per heavy atom. The summed E-state index contributed by atoms with van der Waals surface area (Å²) in [6, 6.07) is 61.9. The van der Waals surface area contributed by atoms with Crippen LogP contribution < -0.4 is 4.74 Å². The molecule has 0 spiro atoms. The molecule has 58 heavy (non-hydrogen) atoms. The van der Waals surface area contributed by atoms with Crippen molar-refractivity contribution in [3.05, 3.63) is 200 Å². The maximum atomic E-state index is 7.16. The summed E-state index contributed by atoms with van der Waals surface area (Å²) in [7, 11) is 0. The molecule has 2 nitrogen and oxygen atoms in total. The maximum Gasteiger partial charge on any atom is 0.146 e. The average molecular weight is 743 g/mol. The fourth-order valence-corrected chi connectivity index (χ4v) is 10.1. The van der Waals surface area contributed by atoms with E-state index in [1.807, 2.05) is 6.07 Å². The number of ether oxygens (including phenoxy) is 1. The highest BCUT2D eigenvalue weighted by Crippen LogP contribution is 2.56. The number of benzene rings is 9. The van der Waals surface area contributed by atoms with E-state index >= 15 is 0 Å². The third-order valence-electron chi connectivity index (χ3n) is 12.8. The van der Waals surface area contributed by atoms with E-state index in [2.05, 4.69) is 195 Å². The minimum absolute atomic E-state index is 0.122. The van der Waals surface area contributed by atoms with Crippen molar-refractivity contribution in [2.45, 2.75) is 24.9 Å². The van der Waals surface area contributed by atoms with Crippen molar-refractivity contribution in [1.29, 1.82) is 0 Å². The van der Waals surface area contributed by atoms with Gasteiger partial charge in [-0.25, -0.2) is 0 Å². The lowest BCUT2D eigenvalue weighted by Crippen LogP contribution is -2.35. The van der Waals surface area contributed by atoms with Crippen LogP contribution in [0.1, 0.15) is 24.8 Å². The van der Waals surface area contributed by atoms with Crippen molar-refractivity contribution < 1.29 is 9.15 Å². The zero-order chi connectivity index (χ0) is 38.4. The third kappa shape index (κ3) is 4.79. The second-order valence-corrected chi connectivity index (χ2v) is 15.8. The van der Waals surface area contributed by atoms with Crippen LogP contribution in [0.25, 0.3) is 98.8 Å². The highest BCUT2D eigenvalue weighted by Gasteiger charge is 2.47. The smallest absolute Gasteiger partial charge is 0.146 e. The SMILES string of the molecule is CCC12C=CC=CC1c1cc3c(oc4ccccc43)c(-c3cccc(-c4c5ccccc5c(-c5cccc(-c6cccc7ccccc67)c5)c5ccccc45)c3)c1O2. The van der Waals surface area contributed by atoms with Crippen molar-refractivity contribution in [1.82, 2.24) is 0 Å². The van der Waals surface area contributed by atoms with Crippen LogP contribution in [0, 0.1) is 0 Å². The molecular weight excluding hydrogens is 705 g/mol. The van der Waals surface area contributed by atoms with Crippen LogP contribution in [0.4, 0.5) is 0 Å². The number of rotatable bonds is 5. The Hall–Kier alpha value is -7.16. The summed E-state index contributed by atoms with van der Waals surface area (Å²) in [5.41, 5.74) is 11.9. The Morgan fingerprint density at radius 2 is 1.03 bits per heavy atom. The summed E-state index contributed by atoms with van der Waals surface area (Å²) in [4.78, 5) is 0. The van der Waals surface area contributed by atoms with E-state index in [0.29, 0.717) is 0 Å². The van der Waals surface area contributed by atoms with E-state index in [-0.39, 0.29) is 5.92 Å². The van der Waals surface area contributed by atoms with Gasteiger partial charge in [0.2, 0.25) is 0 Å². The van der Waals surface area contributed by atoms with E-state index in [9.17, 15) is 0 Å². The molecule has 2 heteroatoms. The van der Waals surface area contributed by atoms with Gasteiger partial charge in [0.25, 0.3) is 0 Å². The number of allylic oxidation sites excluding steroid dienone is 2. The van der Waals surface area contributed by atoms with Crippen LogP contribution in [0.5, 0.6) is 5.75 Å². The monoisotopic (exact) mass is 742 g/mol. The predicted octanol–water partition coefficient (Wildman–Crippen LogP) is 15.5. The van der Waals surface area contributed by atoms with Gasteiger partial charge in [0.1, 0.15) is 22.5 Å². The molecule has 0 radical (unpaired) electrons. The first-order valence-corrected chi connectivity index (χ1v) is 20.4. The van der Waals surface area contributed by atoms with Crippen molar-refractivity contribution >= 4 is 54.3 Å². The summed E-state index contributed by atoms with van der Waals surface area (Å²) in [6.45, 7) is 2.22. The van der Waals surface area contributed by atoms with Crippen LogP contribution in [0.3, 0.4) is 0 Å². The maximum absolute atomic E-state index is 7.16. The summed E-state index contributed by atoms with van der Waals surface area (Å²) >= 11 is 0. The fraction of sp³-hybridized carbons (Fsp3) is 0.0714. The lowest BCUT2D eigenvalue weighted by atomic mass is 9.78.